The molecule has 0 unspecified atom stereocenters. The lowest BCUT2D eigenvalue weighted by molar-refractivity contribution is -0.114. The first-order chi connectivity index (χ1) is 5.16. The summed E-state index contributed by atoms with van der Waals surface area (Å²) in [5.74, 6) is 0.781. The number of allylic oxidation sites excluding steroid dienone is 1. The molecule has 62 valence electrons. The fourth-order valence-corrected chi connectivity index (χ4v) is 1.14. The third-order valence-corrected chi connectivity index (χ3v) is 2.00. The molecular formula is C8H12O2S. The fourth-order valence-electron chi connectivity index (χ4n) is 0.564. The van der Waals surface area contributed by atoms with Gasteiger partial charge in [0.25, 0.3) is 0 Å². The smallest absolute Gasteiger partial charge is 0.185 e. The minimum atomic E-state index is 0.0501. The number of hydrogen-bond donors (Lipinski definition) is 0. The van der Waals surface area contributed by atoms with Gasteiger partial charge >= 0.3 is 0 Å². The van der Waals surface area contributed by atoms with Gasteiger partial charge in [-0.15, -0.1) is 0 Å². The van der Waals surface area contributed by atoms with E-state index >= 15 is 0 Å². The second-order valence-electron chi connectivity index (χ2n) is 2.11. The maximum atomic E-state index is 10.6. The molecular weight excluding hydrogens is 160 g/mol. The van der Waals surface area contributed by atoms with E-state index in [4.69, 9.17) is 0 Å². The van der Waals surface area contributed by atoms with Gasteiger partial charge in [-0.25, -0.2) is 0 Å². The van der Waals surface area contributed by atoms with Gasteiger partial charge in [-0.05, 0) is 12.5 Å². The lowest BCUT2D eigenvalue weighted by Gasteiger charge is -1.94. The Morgan fingerprint density at radius 3 is 2.64 bits per heavy atom. The van der Waals surface area contributed by atoms with Gasteiger partial charge in [0.15, 0.2) is 10.9 Å². The number of carbonyl (C=O) groups is 2. The van der Waals surface area contributed by atoms with Gasteiger partial charge in [0.2, 0.25) is 0 Å². The molecule has 0 aromatic heterocycles. The molecule has 0 N–H and O–H groups in total. The zero-order valence-electron chi connectivity index (χ0n) is 6.63. The van der Waals surface area contributed by atoms with Crippen LogP contribution >= 0.6 is 11.8 Å². The number of ketones is 1. The van der Waals surface area contributed by atoms with E-state index in [9.17, 15) is 9.59 Å². The van der Waals surface area contributed by atoms with Crippen molar-refractivity contribution in [3.63, 3.8) is 0 Å². The molecule has 0 amide bonds. The molecule has 0 rings (SSSR count). The highest BCUT2D eigenvalue weighted by Gasteiger charge is 1.97. The van der Waals surface area contributed by atoms with E-state index < -0.39 is 0 Å². The Hall–Kier alpha value is -0.570. The van der Waals surface area contributed by atoms with E-state index in [1.165, 1.54) is 24.8 Å². The lowest BCUT2D eigenvalue weighted by atomic mass is 10.2. The van der Waals surface area contributed by atoms with Crippen molar-refractivity contribution in [1.82, 2.24) is 0 Å². The van der Waals surface area contributed by atoms with Gasteiger partial charge in [0, 0.05) is 19.1 Å². The van der Waals surface area contributed by atoms with Crippen molar-refractivity contribution in [2.24, 2.45) is 0 Å². The third-order valence-electron chi connectivity index (χ3n) is 1.10. The third kappa shape index (κ3) is 7.33. The molecule has 0 aromatic rings. The molecule has 0 aromatic carbocycles. The van der Waals surface area contributed by atoms with Gasteiger partial charge in [-0.2, -0.15) is 0 Å². The van der Waals surface area contributed by atoms with Crippen molar-refractivity contribution < 1.29 is 9.59 Å². The van der Waals surface area contributed by atoms with Gasteiger partial charge in [0.05, 0.1) is 0 Å². The number of thioether (sulfide) groups is 1. The summed E-state index contributed by atoms with van der Waals surface area (Å²) >= 11 is 1.26. The number of hydrogen-bond acceptors (Lipinski definition) is 3. The van der Waals surface area contributed by atoms with Crippen LogP contribution in [-0.2, 0) is 9.59 Å². The van der Waals surface area contributed by atoms with E-state index in [1.807, 2.05) is 0 Å². The Bertz CT molecular complexity index is 163. The standard InChI is InChI=1S/C8H12O2S/c1-3-8(10)5-4-6-11-7(2)9/h3H,1,4-6H2,2H3. The van der Waals surface area contributed by atoms with Gasteiger partial charge < -0.3 is 0 Å². The number of carbonyl (C=O) groups excluding carboxylic acids is 2. The molecule has 0 saturated carbocycles. The van der Waals surface area contributed by atoms with Gasteiger partial charge in [-0.3, -0.25) is 9.59 Å². The summed E-state index contributed by atoms with van der Waals surface area (Å²) < 4.78 is 0. The lowest BCUT2D eigenvalue weighted by Crippen LogP contribution is -1.93. The van der Waals surface area contributed by atoms with Gasteiger partial charge in [-0.1, -0.05) is 18.3 Å². The fraction of sp³-hybridized carbons (Fsp3) is 0.500. The summed E-state index contributed by atoms with van der Waals surface area (Å²) in [6.07, 6.45) is 2.58. The van der Waals surface area contributed by atoms with Crippen molar-refractivity contribution in [1.29, 1.82) is 0 Å². The molecule has 0 spiro atoms. The summed E-state index contributed by atoms with van der Waals surface area (Å²) in [5, 5.41) is 0.107. The average molecular weight is 172 g/mol. The highest BCUT2D eigenvalue weighted by Crippen LogP contribution is 2.05. The molecule has 0 saturated heterocycles. The Morgan fingerprint density at radius 2 is 2.18 bits per heavy atom. The van der Waals surface area contributed by atoms with E-state index in [0.29, 0.717) is 6.42 Å². The monoisotopic (exact) mass is 172 g/mol. The van der Waals surface area contributed by atoms with E-state index in [0.717, 1.165) is 12.2 Å². The summed E-state index contributed by atoms with van der Waals surface area (Å²) in [5.41, 5.74) is 0. The Balaban J connectivity index is 3.21. The van der Waals surface area contributed by atoms with Crippen LogP contribution in [0, 0.1) is 0 Å². The first-order valence-corrected chi connectivity index (χ1v) is 4.44. The molecule has 0 atom stereocenters. The topological polar surface area (TPSA) is 34.1 Å². The molecule has 0 fully saturated rings. The first-order valence-electron chi connectivity index (χ1n) is 3.45. The van der Waals surface area contributed by atoms with Crippen molar-refractivity contribution in [3.8, 4) is 0 Å². The van der Waals surface area contributed by atoms with Crippen molar-refractivity contribution in [2.75, 3.05) is 5.75 Å². The normalized spacial score (nSPS) is 9.18. The summed E-state index contributed by atoms with van der Waals surface area (Å²) in [6.45, 7) is 4.88. The van der Waals surface area contributed by atoms with Crippen molar-refractivity contribution >= 4 is 22.7 Å². The minimum absolute atomic E-state index is 0.0501. The summed E-state index contributed by atoms with van der Waals surface area (Å²) in [4.78, 5) is 21.1. The predicted molar refractivity (Wildman–Crippen MR) is 47.6 cm³/mol. The Labute approximate surface area is 71.1 Å². The second-order valence-corrected chi connectivity index (χ2v) is 3.39. The van der Waals surface area contributed by atoms with Crippen molar-refractivity contribution in [3.05, 3.63) is 12.7 Å². The second kappa shape index (κ2) is 6.16. The van der Waals surface area contributed by atoms with E-state index in [2.05, 4.69) is 6.58 Å². The van der Waals surface area contributed by atoms with Crippen LogP contribution < -0.4 is 0 Å². The van der Waals surface area contributed by atoms with Gasteiger partial charge in [0.1, 0.15) is 0 Å². The van der Waals surface area contributed by atoms with Crippen LogP contribution in [0.3, 0.4) is 0 Å². The summed E-state index contributed by atoms with van der Waals surface area (Å²) in [6, 6.07) is 0. The van der Waals surface area contributed by atoms with Crippen LogP contribution in [0.5, 0.6) is 0 Å². The van der Waals surface area contributed by atoms with Crippen LogP contribution in [-0.4, -0.2) is 16.7 Å². The molecule has 0 aliphatic rings. The van der Waals surface area contributed by atoms with Crippen LogP contribution in [0.4, 0.5) is 0 Å². The minimum Gasteiger partial charge on any atom is -0.295 e. The Morgan fingerprint density at radius 1 is 1.55 bits per heavy atom. The van der Waals surface area contributed by atoms with E-state index in [1.54, 1.807) is 0 Å². The van der Waals surface area contributed by atoms with Crippen LogP contribution in [0.25, 0.3) is 0 Å². The van der Waals surface area contributed by atoms with Crippen LogP contribution in [0.1, 0.15) is 19.8 Å². The molecule has 3 heteroatoms. The predicted octanol–water partition coefficient (Wildman–Crippen LogP) is 1.80. The molecule has 0 radical (unpaired) electrons. The average Bonchev–Trinajstić information content (AvgIpc) is 1.97. The number of rotatable bonds is 5. The largest absolute Gasteiger partial charge is 0.295 e. The molecule has 11 heavy (non-hydrogen) atoms. The molecule has 2 nitrogen and oxygen atoms in total. The van der Waals surface area contributed by atoms with Crippen LogP contribution in [0.15, 0.2) is 12.7 Å². The SMILES string of the molecule is C=CC(=O)CCCSC(C)=O. The molecule has 0 aliphatic heterocycles. The quantitative estimate of drug-likeness (QED) is 0.468. The zero-order chi connectivity index (χ0) is 8.69. The molecule has 0 heterocycles. The highest BCUT2D eigenvalue weighted by molar-refractivity contribution is 8.13. The van der Waals surface area contributed by atoms with Crippen molar-refractivity contribution in [2.45, 2.75) is 19.8 Å². The zero-order valence-corrected chi connectivity index (χ0v) is 7.45. The highest BCUT2D eigenvalue weighted by atomic mass is 32.2. The van der Waals surface area contributed by atoms with E-state index in [-0.39, 0.29) is 10.9 Å². The first kappa shape index (κ1) is 10.4. The maximum absolute atomic E-state index is 10.6. The van der Waals surface area contributed by atoms with Crippen LogP contribution in [0.2, 0.25) is 0 Å². The summed E-state index contributed by atoms with van der Waals surface area (Å²) in [7, 11) is 0. The maximum Gasteiger partial charge on any atom is 0.185 e. The Kier molecular flexibility index (Phi) is 5.84. The molecule has 0 aliphatic carbocycles. The molecule has 0 bridgehead atoms.